The molecule has 1 aliphatic carbocycles. The molecule has 0 saturated carbocycles. The van der Waals surface area contributed by atoms with Crippen LogP contribution in [0.2, 0.25) is 0 Å². The van der Waals surface area contributed by atoms with Crippen LogP contribution in [0.25, 0.3) is 0 Å². The zero-order chi connectivity index (χ0) is 33.9. The van der Waals surface area contributed by atoms with Gasteiger partial charge >= 0.3 is 11.9 Å². The zero-order valence-electron chi connectivity index (χ0n) is 25.7. The first kappa shape index (κ1) is 33.3. The van der Waals surface area contributed by atoms with E-state index in [9.17, 15) is 29.4 Å². The van der Waals surface area contributed by atoms with E-state index in [0.717, 1.165) is 11.1 Å². The number of ether oxygens (including phenoxy) is 6. The van der Waals surface area contributed by atoms with E-state index in [0.29, 0.717) is 62.8 Å². The molecule has 0 radical (unpaired) electrons. The summed E-state index contributed by atoms with van der Waals surface area (Å²) in [7, 11) is 0. The number of carboxylic acid groups (broad SMARTS) is 2. The molecular formula is C36H32O12. The van der Waals surface area contributed by atoms with Gasteiger partial charge in [-0.3, -0.25) is 9.59 Å². The van der Waals surface area contributed by atoms with Gasteiger partial charge in [0.25, 0.3) is 12.9 Å². The Morgan fingerprint density at radius 1 is 0.479 bits per heavy atom. The Morgan fingerprint density at radius 2 is 0.729 bits per heavy atom. The minimum Gasteiger partial charge on any atom is -0.481 e. The van der Waals surface area contributed by atoms with E-state index in [1.54, 1.807) is 0 Å². The van der Waals surface area contributed by atoms with E-state index in [2.05, 4.69) is 0 Å². The monoisotopic (exact) mass is 656 g/mol. The van der Waals surface area contributed by atoms with Crippen LogP contribution in [0.4, 0.5) is 0 Å². The molecule has 2 N–H and O–H groups in total. The number of para-hydroxylation sites is 4. The summed E-state index contributed by atoms with van der Waals surface area (Å²) >= 11 is 0. The van der Waals surface area contributed by atoms with Crippen LogP contribution in [0.3, 0.4) is 0 Å². The molecule has 0 heterocycles. The smallest absolute Gasteiger partial charge is 0.341 e. The molecule has 0 aliphatic heterocycles. The molecule has 4 aromatic rings. The quantitative estimate of drug-likeness (QED) is 0.0991. The summed E-state index contributed by atoms with van der Waals surface area (Å²) in [6.45, 7) is -1.30. The van der Waals surface area contributed by atoms with Gasteiger partial charge in [-0.2, -0.15) is 0 Å². The van der Waals surface area contributed by atoms with Crippen molar-refractivity contribution < 1.29 is 57.8 Å². The molecule has 12 nitrogen and oxygen atoms in total. The van der Waals surface area contributed by atoms with E-state index in [-0.39, 0.29) is 45.8 Å². The van der Waals surface area contributed by atoms with Crippen molar-refractivity contribution in [3.05, 3.63) is 117 Å². The minimum absolute atomic E-state index is 0.221. The van der Waals surface area contributed by atoms with Crippen molar-refractivity contribution in [2.24, 2.45) is 0 Å². The van der Waals surface area contributed by atoms with Crippen molar-refractivity contribution in [2.75, 3.05) is 26.8 Å². The second kappa shape index (κ2) is 16.0. The van der Waals surface area contributed by atoms with E-state index in [1.165, 1.54) is 0 Å². The predicted octanol–water partition coefficient (Wildman–Crippen LogP) is 4.31. The molecule has 48 heavy (non-hydrogen) atoms. The van der Waals surface area contributed by atoms with Gasteiger partial charge in [0.05, 0.1) is 0 Å². The van der Waals surface area contributed by atoms with E-state index in [1.807, 2.05) is 72.8 Å². The van der Waals surface area contributed by atoms with Gasteiger partial charge in [-0.05, 0) is 44.5 Å². The van der Waals surface area contributed by atoms with Gasteiger partial charge in [0.1, 0.15) is 23.0 Å². The molecule has 1 aliphatic rings. The number of rotatable bonds is 14. The summed E-state index contributed by atoms with van der Waals surface area (Å²) in [4.78, 5) is 45.2. The SMILES string of the molecule is O=COCOc1c2cccc1Cc1cccc(c1OCC(=O)O)Cc1cccc(c1OCC(=O)O)Cc1cccc(c1OCOC=O)C2. The molecule has 8 bridgehead atoms. The molecular weight excluding hydrogens is 624 g/mol. The van der Waals surface area contributed by atoms with Crippen LogP contribution in [0, 0.1) is 0 Å². The first-order valence-electron chi connectivity index (χ1n) is 14.9. The number of carbonyl (C=O) groups excluding carboxylic acids is 2. The van der Waals surface area contributed by atoms with Gasteiger partial charge in [0.2, 0.25) is 13.6 Å². The third-order valence-corrected chi connectivity index (χ3v) is 7.59. The second-order valence-electron chi connectivity index (χ2n) is 10.7. The molecule has 0 saturated heterocycles. The predicted molar refractivity (Wildman–Crippen MR) is 169 cm³/mol. The first-order valence-corrected chi connectivity index (χ1v) is 14.9. The number of benzene rings is 4. The lowest BCUT2D eigenvalue weighted by molar-refractivity contribution is -0.140. The summed E-state index contributed by atoms with van der Waals surface area (Å²) < 4.78 is 33.5. The summed E-state index contributed by atoms with van der Waals surface area (Å²) in [5, 5.41) is 19.0. The number of hydrogen-bond donors (Lipinski definition) is 2. The maximum Gasteiger partial charge on any atom is 0.341 e. The van der Waals surface area contributed by atoms with Crippen molar-refractivity contribution >= 4 is 24.9 Å². The van der Waals surface area contributed by atoms with Gasteiger partial charge in [0.15, 0.2) is 13.2 Å². The summed E-state index contributed by atoms with van der Waals surface area (Å²) in [5.74, 6) is -0.677. The summed E-state index contributed by atoms with van der Waals surface area (Å²) in [6.07, 6.45) is 1.02. The Balaban J connectivity index is 1.74. The number of carboxylic acids is 2. The normalized spacial score (nSPS) is 11.8. The number of aliphatic carboxylic acids is 2. The van der Waals surface area contributed by atoms with Gasteiger partial charge in [-0.25, -0.2) is 9.59 Å². The van der Waals surface area contributed by atoms with Crippen molar-refractivity contribution in [3.8, 4) is 23.0 Å². The Hall–Kier alpha value is -6.04. The van der Waals surface area contributed by atoms with Crippen molar-refractivity contribution in [3.63, 3.8) is 0 Å². The molecule has 4 aromatic carbocycles. The van der Waals surface area contributed by atoms with Crippen LogP contribution >= 0.6 is 0 Å². The Kier molecular flexibility index (Phi) is 11.1. The maximum atomic E-state index is 11.6. The average Bonchev–Trinajstić information content (AvgIpc) is 3.06. The van der Waals surface area contributed by atoms with Crippen LogP contribution in [0.15, 0.2) is 72.8 Å². The van der Waals surface area contributed by atoms with E-state index < -0.39 is 25.2 Å². The standard InChI is InChI=1S/C36H32O12/c37-19-43-21-47-35-27-9-3-11-29(35)16-30-12-4-10-28(36(30)48-22-44-20-38)15-26-8-2-6-24(34(26)46-18-32(41)42)13-23-5-1-7-25(14-27)33(23)45-17-31(39)40/h1-12,19-20H,13-18,21-22H2,(H,39,40)(H,41,42). The van der Waals surface area contributed by atoms with Crippen LogP contribution < -0.4 is 18.9 Å². The number of fused-ring (bicyclic) bond motifs is 8. The topological polar surface area (TPSA) is 164 Å². The molecule has 0 fully saturated rings. The van der Waals surface area contributed by atoms with E-state index in [4.69, 9.17) is 28.4 Å². The Bertz CT molecular complexity index is 1670. The van der Waals surface area contributed by atoms with Gasteiger partial charge in [-0.1, -0.05) is 72.8 Å². The fourth-order valence-corrected chi connectivity index (χ4v) is 5.74. The highest BCUT2D eigenvalue weighted by atomic mass is 16.7. The molecule has 0 amide bonds. The van der Waals surface area contributed by atoms with Crippen LogP contribution in [0.5, 0.6) is 23.0 Å². The lowest BCUT2D eigenvalue weighted by atomic mass is 9.91. The first-order chi connectivity index (χ1) is 23.4. The molecule has 0 atom stereocenters. The Labute approximate surface area is 275 Å². The van der Waals surface area contributed by atoms with Gasteiger partial charge in [0, 0.05) is 25.7 Å². The number of carbonyl (C=O) groups is 4. The maximum absolute atomic E-state index is 11.6. The average molecular weight is 657 g/mol. The lowest BCUT2D eigenvalue weighted by Gasteiger charge is -2.22. The van der Waals surface area contributed by atoms with Crippen LogP contribution in [0.1, 0.15) is 44.5 Å². The molecule has 0 spiro atoms. The largest absolute Gasteiger partial charge is 0.481 e. The van der Waals surface area contributed by atoms with E-state index >= 15 is 0 Å². The van der Waals surface area contributed by atoms with Crippen LogP contribution in [-0.4, -0.2) is 61.9 Å². The highest BCUT2D eigenvalue weighted by Gasteiger charge is 2.22. The zero-order valence-corrected chi connectivity index (χ0v) is 25.7. The number of hydrogen-bond acceptors (Lipinski definition) is 10. The molecule has 5 rings (SSSR count). The second-order valence-corrected chi connectivity index (χ2v) is 10.7. The third-order valence-electron chi connectivity index (χ3n) is 7.59. The summed E-state index contributed by atoms with van der Waals surface area (Å²) in [6, 6.07) is 22.1. The fourth-order valence-electron chi connectivity index (χ4n) is 5.74. The summed E-state index contributed by atoms with van der Waals surface area (Å²) in [5.41, 5.74) is 5.51. The van der Waals surface area contributed by atoms with Gasteiger partial charge in [-0.15, -0.1) is 0 Å². The van der Waals surface area contributed by atoms with Crippen molar-refractivity contribution in [1.82, 2.24) is 0 Å². The minimum atomic E-state index is -1.15. The molecule has 0 unspecified atom stereocenters. The third kappa shape index (κ3) is 8.21. The highest BCUT2D eigenvalue weighted by molar-refractivity contribution is 5.69. The lowest BCUT2D eigenvalue weighted by Crippen LogP contribution is -2.14. The van der Waals surface area contributed by atoms with Crippen LogP contribution in [-0.2, 0) is 54.3 Å². The van der Waals surface area contributed by atoms with Crippen molar-refractivity contribution in [1.29, 1.82) is 0 Å². The highest BCUT2D eigenvalue weighted by Crippen LogP contribution is 2.38. The fraction of sp³-hybridized carbons (Fsp3) is 0.222. The molecule has 248 valence electrons. The molecule has 12 heteroatoms. The Morgan fingerprint density at radius 3 is 0.958 bits per heavy atom. The molecule has 0 aromatic heterocycles. The van der Waals surface area contributed by atoms with Crippen molar-refractivity contribution in [2.45, 2.75) is 25.7 Å². The van der Waals surface area contributed by atoms with Gasteiger partial charge < -0.3 is 38.6 Å².